The average Bonchev–Trinajstić information content (AvgIpc) is 3.33. The zero-order chi connectivity index (χ0) is 32.1. The Morgan fingerprint density at radius 1 is 1.13 bits per heavy atom. The Balaban J connectivity index is 1.55. The molecule has 0 radical (unpaired) electrons. The van der Waals surface area contributed by atoms with E-state index in [0.29, 0.717) is 66.1 Å². The van der Waals surface area contributed by atoms with Gasteiger partial charge < -0.3 is 18.9 Å². The van der Waals surface area contributed by atoms with Crippen molar-refractivity contribution < 1.29 is 23.7 Å². The van der Waals surface area contributed by atoms with Gasteiger partial charge in [-0.15, -0.1) is 0 Å². The highest BCUT2D eigenvalue weighted by Gasteiger charge is 2.33. The van der Waals surface area contributed by atoms with E-state index < -0.39 is 12.0 Å². The van der Waals surface area contributed by atoms with Crippen LogP contribution in [0, 0.1) is 0 Å². The van der Waals surface area contributed by atoms with E-state index in [1.165, 1.54) is 11.3 Å². The van der Waals surface area contributed by atoms with Crippen LogP contribution in [-0.2, 0) is 16.1 Å². The summed E-state index contributed by atoms with van der Waals surface area (Å²) in [5.74, 6) is 1.15. The van der Waals surface area contributed by atoms with Gasteiger partial charge in [-0.1, -0.05) is 59.9 Å². The fraction of sp³-hybridized carbons (Fsp3) is 0.206. The second kappa shape index (κ2) is 14.3. The first-order valence-electron chi connectivity index (χ1n) is 14.0. The minimum atomic E-state index is -0.735. The quantitative estimate of drug-likeness (QED) is 0.133. The number of methoxy groups -OCH3 is 1. The second-order valence-electron chi connectivity index (χ2n) is 9.92. The molecule has 1 atom stereocenters. The highest BCUT2D eigenvalue weighted by atomic mass is 79.9. The molecule has 0 aliphatic carbocycles. The summed E-state index contributed by atoms with van der Waals surface area (Å²) in [4.78, 5) is 32.3. The summed E-state index contributed by atoms with van der Waals surface area (Å²) in [7, 11) is 1.56. The molecule has 45 heavy (non-hydrogen) atoms. The first-order chi connectivity index (χ1) is 21.7. The molecule has 5 rings (SSSR count). The van der Waals surface area contributed by atoms with Crippen molar-refractivity contribution in [2.75, 3.05) is 20.3 Å². The topological polar surface area (TPSA) is 88.4 Å². The molecule has 2 heterocycles. The highest BCUT2D eigenvalue weighted by molar-refractivity contribution is 9.10. The van der Waals surface area contributed by atoms with Crippen LogP contribution in [0.4, 0.5) is 0 Å². The lowest BCUT2D eigenvalue weighted by atomic mass is 9.96. The lowest BCUT2D eigenvalue weighted by Crippen LogP contribution is -2.39. The maximum absolute atomic E-state index is 14.0. The predicted octanol–water partition coefficient (Wildman–Crippen LogP) is 6.37. The fourth-order valence-corrected chi connectivity index (χ4v) is 6.61. The van der Waals surface area contributed by atoms with Gasteiger partial charge in [0.25, 0.3) is 5.56 Å². The summed E-state index contributed by atoms with van der Waals surface area (Å²) in [6.45, 7) is 8.03. The molecular weight excluding hydrogens is 680 g/mol. The number of fused-ring (bicyclic) bond motifs is 1. The summed E-state index contributed by atoms with van der Waals surface area (Å²) < 4.78 is 25.4. The molecule has 0 N–H and O–H groups in total. The molecule has 0 amide bonds. The van der Waals surface area contributed by atoms with E-state index in [4.69, 9.17) is 30.5 Å². The Bertz CT molecular complexity index is 1950. The van der Waals surface area contributed by atoms with E-state index in [1.54, 1.807) is 68.0 Å². The van der Waals surface area contributed by atoms with Gasteiger partial charge >= 0.3 is 5.97 Å². The average molecular weight is 710 g/mol. The fourth-order valence-electron chi connectivity index (χ4n) is 4.86. The van der Waals surface area contributed by atoms with Gasteiger partial charge in [0.1, 0.15) is 19.0 Å². The molecule has 0 spiro atoms. The maximum Gasteiger partial charge on any atom is 0.338 e. The maximum atomic E-state index is 14.0. The molecule has 0 fully saturated rings. The summed E-state index contributed by atoms with van der Waals surface area (Å²) in [6.07, 6.45) is 3.43. The Morgan fingerprint density at radius 2 is 1.87 bits per heavy atom. The second-order valence-corrected chi connectivity index (χ2v) is 12.2. The van der Waals surface area contributed by atoms with E-state index in [0.717, 1.165) is 11.1 Å². The number of aromatic nitrogens is 1. The number of carbonyl (C=O) groups is 1. The van der Waals surface area contributed by atoms with Crippen molar-refractivity contribution in [3.63, 3.8) is 0 Å². The SMILES string of the molecule is C=CCOc1ccc([C@@H]2C(C(=O)OCC)=C(C)N=c3s/c(=C\c4cc(Br)c(OCc5ccc(Cl)cc5)c(OC)c4)c(=O)n32)cc1. The van der Waals surface area contributed by atoms with Crippen molar-refractivity contribution in [1.29, 1.82) is 0 Å². The van der Waals surface area contributed by atoms with Gasteiger partial charge in [-0.2, -0.15) is 0 Å². The van der Waals surface area contributed by atoms with Crippen LogP contribution >= 0.6 is 38.9 Å². The van der Waals surface area contributed by atoms with Gasteiger partial charge in [0.05, 0.1) is 40.0 Å². The van der Waals surface area contributed by atoms with E-state index in [-0.39, 0.29) is 12.2 Å². The number of halogens is 2. The number of allylic oxidation sites excluding steroid dienone is 1. The standard InChI is InChI=1S/C34H30BrClN2O6S/c1-5-15-43-25-13-9-23(10-14-25)30-29(33(40)42-6-2)20(3)37-34-38(30)32(39)28(45-34)18-22-16-26(35)31(27(17-22)41-4)44-19-21-7-11-24(36)12-8-21/h5,7-14,16-18,30H,1,6,15,19H2,2-4H3/b28-18-/t30-/m1/s1. The Hall–Kier alpha value is -4.12. The van der Waals surface area contributed by atoms with E-state index in [9.17, 15) is 9.59 Å². The third-order valence-electron chi connectivity index (χ3n) is 6.93. The number of esters is 1. The smallest absolute Gasteiger partial charge is 0.338 e. The van der Waals surface area contributed by atoms with Crippen LogP contribution < -0.4 is 29.1 Å². The highest BCUT2D eigenvalue weighted by Crippen LogP contribution is 2.37. The van der Waals surface area contributed by atoms with Gasteiger partial charge in [0.15, 0.2) is 16.3 Å². The number of rotatable bonds is 11. The van der Waals surface area contributed by atoms with Gasteiger partial charge in [-0.25, -0.2) is 9.79 Å². The number of hydrogen-bond donors (Lipinski definition) is 0. The van der Waals surface area contributed by atoms with Crippen LogP contribution in [0.15, 0.2) is 98.8 Å². The number of hydrogen-bond acceptors (Lipinski definition) is 8. The van der Waals surface area contributed by atoms with E-state index in [1.807, 2.05) is 30.3 Å². The number of nitrogens with zero attached hydrogens (tertiary/aromatic N) is 2. The van der Waals surface area contributed by atoms with Crippen LogP contribution in [0.25, 0.3) is 6.08 Å². The normalized spacial score (nSPS) is 14.4. The van der Waals surface area contributed by atoms with Gasteiger partial charge in [0.2, 0.25) is 0 Å². The summed E-state index contributed by atoms with van der Waals surface area (Å²) >= 11 is 10.8. The molecule has 4 aromatic rings. The van der Waals surface area contributed by atoms with Crippen molar-refractivity contribution in [1.82, 2.24) is 4.57 Å². The Labute approximate surface area is 277 Å². The molecule has 232 valence electrons. The molecule has 0 saturated carbocycles. The minimum Gasteiger partial charge on any atom is -0.493 e. The number of benzene rings is 3. The van der Waals surface area contributed by atoms with Crippen LogP contribution in [0.3, 0.4) is 0 Å². The van der Waals surface area contributed by atoms with Crippen LogP contribution in [0.1, 0.15) is 36.6 Å². The Kier molecular flexibility index (Phi) is 10.3. The van der Waals surface area contributed by atoms with E-state index >= 15 is 0 Å². The lowest BCUT2D eigenvalue weighted by molar-refractivity contribution is -0.139. The first kappa shape index (κ1) is 32.3. The zero-order valence-electron chi connectivity index (χ0n) is 24.8. The molecule has 0 bridgehead atoms. The van der Waals surface area contributed by atoms with Crippen LogP contribution in [-0.4, -0.2) is 30.9 Å². The van der Waals surface area contributed by atoms with Crippen molar-refractivity contribution >= 4 is 50.9 Å². The number of carbonyl (C=O) groups excluding carboxylic acids is 1. The molecule has 8 nitrogen and oxygen atoms in total. The molecule has 3 aromatic carbocycles. The third-order valence-corrected chi connectivity index (χ3v) is 8.75. The van der Waals surface area contributed by atoms with Crippen molar-refractivity contribution in [2.24, 2.45) is 4.99 Å². The zero-order valence-corrected chi connectivity index (χ0v) is 28.0. The summed E-state index contributed by atoms with van der Waals surface area (Å²) in [6, 6.07) is 17.6. The third kappa shape index (κ3) is 7.08. The summed E-state index contributed by atoms with van der Waals surface area (Å²) in [5.41, 5.74) is 2.89. The van der Waals surface area contributed by atoms with Gasteiger partial charge in [-0.05, 0) is 88.9 Å². The molecule has 1 aromatic heterocycles. The van der Waals surface area contributed by atoms with Gasteiger partial charge in [0, 0.05) is 5.02 Å². The Morgan fingerprint density at radius 3 is 2.53 bits per heavy atom. The number of ether oxygens (including phenoxy) is 4. The molecule has 1 aliphatic heterocycles. The van der Waals surface area contributed by atoms with Gasteiger partial charge in [-0.3, -0.25) is 9.36 Å². The summed E-state index contributed by atoms with van der Waals surface area (Å²) in [5, 5.41) is 0.650. The number of thiazole rings is 1. The molecular formula is C34H30BrClN2O6S. The van der Waals surface area contributed by atoms with Crippen molar-refractivity contribution in [3.8, 4) is 17.2 Å². The van der Waals surface area contributed by atoms with Crippen LogP contribution in [0.5, 0.6) is 17.2 Å². The molecule has 0 saturated heterocycles. The molecule has 0 unspecified atom stereocenters. The van der Waals surface area contributed by atoms with Crippen molar-refractivity contribution in [2.45, 2.75) is 26.5 Å². The van der Waals surface area contributed by atoms with Crippen molar-refractivity contribution in [3.05, 3.63) is 130 Å². The largest absolute Gasteiger partial charge is 0.493 e. The molecule has 11 heteroatoms. The first-order valence-corrected chi connectivity index (χ1v) is 16.0. The van der Waals surface area contributed by atoms with E-state index in [2.05, 4.69) is 27.5 Å². The predicted molar refractivity (Wildman–Crippen MR) is 179 cm³/mol. The lowest BCUT2D eigenvalue weighted by Gasteiger charge is -2.24. The minimum absolute atomic E-state index is 0.192. The molecule has 1 aliphatic rings. The van der Waals surface area contributed by atoms with Crippen LogP contribution in [0.2, 0.25) is 5.02 Å². The monoisotopic (exact) mass is 708 g/mol.